The summed E-state index contributed by atoms with van der Waals surface area (Å²) in [7, 11) is 0. The molecular formula is C13H14N2O4S. The molecule has 0 saturated heterocycles. The molecule has 1 amide bonds. The molecule has 2 aromatic heterocycles. The Morgan fingerprint density at radius 3 is 2.65 bits per heavy atom. The maximum absolute atomic E-state index is 12.0. The molecule has 2 rings (SSSR count). The van der Waals surface area contributed by atoms with Gasteiger partial charge in [-0.05, 0) is 26.8 Å². The van der Waals surface area contributed by atoms with Crippen molar-refractivity contribution in [1.29, 1.82) is 0 Å². The molecule has 20 heavy (non-hydrogen) atoms. The van der Waals surface area contributed by atoms with Crippen LogP contribution in [0.2, 0.25) is 0 Å². The summed E-state index contributed by atoms with van der Waals surface area (Å²) >= 11 is 1.07. The lowest BCUT2D eigenvalue weighted by Crippen LogP contribution is -2.26. The van der Waals surface area contributed by atoms with E-state index < -0.39 is 5.97 Å². The van der Waals surface area contributed by atoms with Crippen molar-refractivity contribution in [3.05, 3.63) is 39.2 Å². The van der Waals surface area contributed by atoms with E-state index in [9.17, 15) is 9.59 Å². The number of thiazole rings is 1. The fourth-order valence-electron chi connectivity index (χ4n) is 1.76. The van der Waals surface area contributed by atoms with Crippen LogP contribution < -0.4 is 5.32 Å². The van der Waals surface area contributed by atoms with Crippen molar-refractivity contribution in [2.24, 2.45) is 0 Å². The van der Waals surface area contributed by atoms with Crippen molar-refractivity contribution in [1.82, 2.24) is 10.3 Å². The average molecular weight is 294 g/mol. The molecule has 2 N–H and O–H groups in total. The molecule has 2 heterocycles. The van der Waals surface area contributed by atoms with Crippen LogP contribution in [-0.4, -0.2) is 22.0 Å². The second-order valence-electron chi connectivity index (χ2n) is 4.36. The normalized spacial score (nSPS) is 12.2. The van der Waals surface area contributed by atoms with Gasteiger partial charge < -0.3 is 14.8 Å². The standard InChI is InChI=1S/C13H14N2O4S/c1-6-10(13(17)18)20-12(15-6)7(2)14-11(16)9-4-5-19-8(9)3/h4-5,7H,1-3H3,(H,14,16)(H,17,18)/t7-/m1/s1. The number of carboxylic acids is 1. The second kappa shape index (κ2) is 5.46. The van der Waals surface area contributed by atoms with E-state index >= 15 is 0 Å². The molecule has 0 spiro atoms. The summed E-state index contributed by atoms with van der Waals surface area (Å²) in [5.41, 5.74) is 0.918. The summed E-state index contributed by atoms with van der Waals surface area (Å²) in [5.74, 6) is -0.736. The molecule has 6 nitrogen and oxygen atoms in total. The van der Waals surface area contributed by atoms with Crippen LogP contribution in [0.25, 0.3) is 0 Å². The topological polar surface area (TPSA) is 92.4 Å². The Hall–Kier alpha value is -2.15. The van der Waals surface area contributed by atoms with Gasteiger partial charge >= 0.3 is 5.97 Å². The van der Waals surface area contributed by atoms with Crippen molar-refractivity contribution in [2.45, 2.75) is 26.8 Å². The quantitative estimate of drug-likeness (QED) is 0.904. The number of aryl methyl sites for hydroxylation is 2. The van der Waals surface area contributed by atoms with E-state index in [1.165, 1.54) is 6.26 Å². The molecule has 106 valence electrons. The lowest BCUT2D eigenvalue weighted by atomic mass is 10.2. The number of carbonyl (C=O) groups is 2. The highest BCUT2D eigenvalue weighted by Crippen LogP contribution is 2.24. The van der Waals surface area contributed by atoms with Crippen molar-refractivity contribution in [3.63, 3.8) is 0 Å². The van der Waals surface area contributed by atoms with Crippen molar-refractivity contribution < 1.29 is 19.1 Å². The Morgan fingerprint density at radius 2 is 2.15 bits per heavy atom. The zero-order valence-electron chi connectivity index (χ0n) is 11.3. The van der Waals surface area contributed by atoms with Gasteiger partial charge in [0, 0.05) is 0 Å². The molecule has 0 unspecified atom stereocenters. The Labute approximate surface area is 119 Å². The molecule has 0 fully saturated rings. The molecule has 1 atom stereocenters. The smallest absolute Gasteiger partial charge is 0.347 e. The third-order valence-electron chi connectivity index (χ3n) is 2.83. The Balaban J connectivity index is 2.14. The Bertz CT molecular complexity index is 659. The first kappa shape index (κ1) is 14.3. The fourth-order valence-corrected chi connectivity index (χ4v) is 2.67. The van der Waals surface area contributed by atoms with Crippen LogP contribution in [0.3, 0.4) is 0 Å². The minimum absolute atomic E-state index is 0.195. The highest BCUT2D eigenvalue weighted by Gasteiger charge is 2.20. The van der Waals surface area contributed by atoms with E-state index in [0.29, 0.717) is 22.0 Å². The first-order chi connectivity index (χ1) is 9.40. The number of aromatic nitrogens is 1. The van der Waals surface area contributed by atoms with Crippen LogP contribution in [0.1, 0.15) is 49.5 Å². The molecule has 2 aromatic rings. The molecule has 0 aliphatic rings. The van der Waals surface area contributed by atoms with Crippen LogP contribution in [0.5, 0.6) is 0 Å². The van der Waals surface area contributed by atoms with Crippen LogP contribution >= 0.6 is 11.3 Å². The van der Waals surface area contributed by atoms with Gasteiger partial charge in [-0.15, -0.1) is 11.3 Å². The monoisotopic (exact) mass is 294 g/mol. The van der Waals surface area contributed by atoms with E-state index in [0.717, 1.165) is 11.3 Å². The molecule has 0 aromatic carbocycles. The predicted octanol–water partition coefficient (Wildman–Crippen LogP) is 2.54. The number of furan rings is 1. The number of aromatic carboxylic acids is 1. The third kappa shape index (κ3) is 2.72. The molecule has 0 radical (unpaired) electrons. The zero-order valence-corrected chi connectivity index (χ0v) is 12.1. The number of carboxylic acid groups (broad SMARTS) is 1. The first-order valence-corrected chi connectivity index (χ1v) is 6.77. The molecular weight excluding hydrogens is 280 g/mol. The van der Waals surface area contributed by atoms with Gasteiger partial charge in [0.2, 0.25) is 0 Å². The van der Waals surface area contributed by atoms with Crippen molar-refractivity contribution in [3.8, 4) is 0 Å². The van der Waals surface area contributed by atoms with Crippen molar-refractivity contribution >= 4 is 23.2 Å². The lowest BCUT2D eigenvalue weighted by molar-refractivity contribution is 0.0701. The summed E-state index contributed by atoms with van der Waals surface area (Å²) in [4.78, 5) is 27.4. The molecule has 0 aliphatic heterocycles. The Morgan fingerprint density at radius 1 is 1.45 bits per heavy atom. The molecule has 0 bridgehead atoms. The largest absolute Gasteiger partial charge is 0.477 e. The number of nitrogens with zero attached hydrogens (tertiary/aromatic N) is 1. The van der Waals surface area contributed by atoms with Crippen molar-refractivity contribution in [2.75, 3.05) is 0 Å². The number of amides is 1. The van der Waals surface area contributed by atoms with Crippen LogP contribution in [0.4, 0.5) is 0 Å². The minimum atomic E-state index is -1.00. The van der Waals surface area contributed by atoms with Crippen LogP contribution in [0, 0.1) is 13.8 Å². The fraction of sp³-hybridized carbons (Fsp3) is 0.308. The van der Waals surface area contributed by atoms with Gasteiger partial charge in [-0.2, -0.15) is 0 Å². The Kier molecular flexibility index (Phi) is 3.89. The summed E-state index contributed by atoms with van der Waals surface area (Å²) in [6.07, 6.45) is 1.45. The highest BCUT2D eigenvalue weighted by atomic mass is 32.1. The number of hydrogen-bond acceptors (Lipinski definition) is 5. The van der Waals surface area contributed by atoms with E-state index in [-0.39, 0.29) is 16.8 Å². The highest BCUT2D eigenvalue weighted by molar-refractivity contribution is 7.13. The van der Waals surface area contributed by atoms with E-state index in [2.05, 4.69) is 10.3 Å². The van der Waals surface area contributed by atoms with Gasteiger partial charge in [-0.25, -0.2) is 9.78 Å². The van der Waals surface area contributed by atoms with Crippen LogP contribution in [0.15, 0.2) is 16.7 Å². The maximum Gasteiger partial charge on any atom is 0.347 e. The number of nitrogens with one attached hydrogen (secondary N) is 1. The average Bonchev–Trinajstić information content (AvgIpc) is 2.95. The lowest BCUT2D eigenvalue weighted by Gasteiger charge is -2.10. The summed E-state index contributed by atoms with van der Waals surface area (Å²) < 4.78 is 5.08. The first-order valence-electron chi connectivity index (χ1n) is 5.95. The summed E-state index contributed by atoms with van der Waals surface area (Å²) in [6.45, 7) is 5.10. The van der Waals surface area contributed by atoms with E-state index in [1.54, 1.807) is 26.8 Å². The predicted molar refractivity (Wildman–Crippen MR) is 73.1 cm³/mol. The SMILES string of the molecule is Cc1nc([C@@H](C)NC(=O)c2ccoc2C)sc1C(=O)O. The van der Waals surface area contributed by atoms with Gasteiger partial charge in [-0.1, -0.05) is 0 Å². The van der Waals surface area contributed by atoms with E-state index in [1.807, 2.05) is 0 Å². The molecule has 0 saturated carbocycles. The summed E-state index contributed by atoms with van der Waals surface area (Å²) in [5, 5.41) is 12.3. The zero-order chi connectivity index (χ0) is 14.9. The number of rotatable bonds is 4. The third-order valence-corrected chi connectivity index (χ3v) is 4.16. The molecule has 7 heteroatoms. The van der Waals surface area contributed by atoms with Gasteiger partial charge in [0.1, 0.15) is 15.6 Å². The second-order valence-corrected chi connectivity index (χ2v) is 5.39. The molecule has 0 aliphatic carbocycles. The van der Waals surface area contributed by atoms with Gasteiger partial charge in [0.05, 0.1) is 23.6 Å². The van der Waals surface area contributed by atoms with E-state index in [4.69, 9.17) is 9.52 Å². The minimum Gasteiger partial charge on any atom is -0.477 e. The van der Waals surface area contributed by atoms with Gasteiger partial charge in [-0.3, -0.25) is 4.79 Å². The van der Waals surface area contributed by atoms with Crippen LogP contribution in [-0.2, 0) is 0 Å². The van der Waals surface area contributed by atoms with Gasteiger partial charge in [0.15, 0.2) is 0 Å². The number of hydrogen-bond donors (Lipinski definition) is 2. The van der Waals surface area contributed by atoms with Gasteiger partial charge in [0.25, 0.3) is 5.91 Å². The maximum atomic E-state index is 12.0. The summed E-state index contributed by atoms with van der Waals surface area (Å²) in [6, 6.07) is 1.22. The number of carbonyl (C=O) groups excluding carboxylic acids is 1.